The van der Waals surface area contributed by atoms with Gasteiger partial charge in [-0.1, -0.05) is 49.5 Å². The molecule has 1 fully saturated rings. The number of β-lactam (4-membered cyclic amide) rings is 1. The van der Waals surface area contributed by atoms with Gasteiger partial charge >= 0.3 is 5.97 Å². The number of allylic oxidation sites excluding steroid dienone is 3. The lowest BCUT2D eigenvalue weighted by Crippen LogP contribution is -2.53. The zero-order valence-corrected chi connectivity index (χ0v) is 17.3. The van der Waals surface area contributed by atoms with E-state index < -0.39 is 5.97 Å². The Morgan fingerprint density at radius 2 is 2.24 bits per heavy atom. The van der Waals surface area contributed by atoms with Crippen LogP contribution in [-0.4, -0.2) is 45.7 Å². The minimum Gasteiger partial charge on any atom is -0.481 e. The maximum absolute atomic E-state index is 12.1. The van der Waals surface area contributed by atoms with Crippen molar-refractivity contribution in [3.8, 4) is 0 Å². The molecule has 1 aliphatic heterocycles. The predicted octanol–water partition coefficient (Wildman–Crippen LogP) is 4.01. The van der Waals surface area contributed by atoms with Crippen molar-refractivity contribution in [2.45, 2.75) is 70.4 Å². The van der Waals surface area contributed by atoms with Crippen LogP contribution in [0.25, 0.3) is 0 Å². The number of rotatable bonds is 9. The summed E-state index contributed by atoms with van der Waals surface area (Å²) in [4.78, 5) is 24.4. The first-order valence-corrected chi connectivity index (χ1v) is 10.8. The number of carbonyl (C=O) groups excluding carboxylic acids is 1. The van der Waals surface area contributed by atoms with Crippen LogP contribution >= 0.6 is 0 Å². The van der Waals surface area contributed by atoms with Crippen LogP contribution in [0, 0.1) is 11.3 Å². The molecule has 0 spiro atoms. The van der Waals surface area contributed by atoms with Crippen molar-refractivity contribution < 1.29 is 19.8 Å². The van der Waals surface area contributed by atoms with Gasteiger partial charge in [-0.15, -0.1) is 0 Å². The van der Waals surface area contributed by atoms with Gasteiger partial charge in [0, 0.05) is 24.3 Å². The van der Waals surface area contributed by atoms with E-state index in [2.05, 4.69) is 37.3 Å². The molecule has 2 aliphatic carbocycles. The average molecular weight is 400 g/mol. The standard InChI is InChI=1S/C24H33NO4/c1-24(23(29)19-9-5-4-6-10-19)14-12-18(13-15-24)20-17-21(26)25(20)16-8-3-2-7-11-22(27)28/h3,5,8-9,12-14,19-20,23,29H,2,4,6-7,10-11,15-17H2,1H3,(H,27,28)/b8-3-/t19?,20-,23?,24?/m1/s1. The van der Waals surface area contributed by atoms with E-state index in [0.29, 0.717) is 25.8 Å². The van der Waals surface area contributed by atoms with Crippen LogP contribution in [-0.2, 0) is 9.59 Å². The van der Waals surface area contributed by atoms with E-state index in [1.165, 1.54) is 0 Å². The van der Waals surface area contributed by atoms with Crippen LogP contribution in [0.3, 0.4) is 0 Å². The predicted molar refractivity (Wildman–Crippen MR) is 113 cm³/mol. The van der Waals surface area contributed by atoms with Crippen LogP contribution in [0.4, 0.5) is 0 Å². The number of aliphatic hydroxyl groups excluding tert-OH is 1. The van der Waals surface area contributed by atoms with E-state index in [9.17, 15) is 14.7 Å². The Morgan fingerprint density at radius 3 is 2.86 bits per heavy atom. The van der Waals surface area contributed by atoms with Gasteiger partial charge in [0.15, 0.2) is 0 Å². The molecule has 3 unspecified atom stereocenters. The van der Waals surface area contributed by atoms with Gasteiger partial charge in [-0.3, -0.25) is 9.59 Å². The Bertz CT molecular complexity index is 735. The Balaban J connectivity index is 1.52. The maximum atomic E-state index is 12.1. The molecule has 2 N–H and O–H groups in total. The third kappa shape index (κ3) is 5.27. The van der Waals surface area contributed by atoms with Gasteiger partial charge in [0.05, 0.1) is 18.6 Å². The third-order valence-electron chi connectivity index (χ3n) is 6.49. The molecule has 0 aromatic carbocycles. The molecule has 0 radical (unpaired) electrons. The first-order valence-electron chi connectivity index (χ1n) is 10.8. The number of aliphatic hydroxyl groups is 1. The summed E-state index contributed by atoms with van der Waals surface area (Å²) in [5.41, 5.74) is 0.895. The molecule has 0 bridgehead atoms. The fraction of sp³-hybridized carbons (Fsp3) is 0.583. The van der Waals surface area contributed by atoms with Crippen molar-refractivity contribution in [3.05, 3.63) is 48.1 Å². The summed E-state index contributed by atoms with van der Waals surface area (Å²) in [5, 5.41) is 19.6. The molecule has 1 saturated heterocycles. The van der Waals surface area contributed by atoms with E-state index in [0.717, 1.165) is 31.3 Å². The molecule has 0 aromatic rings. The molecule has 3 rings (SSSR count). The number of hydrogen-bond donors (Lipinski definition) is 2. The van der Waals surface area contributed by atoms with Crippen molar-refractivity contribution in [1.82, 2.24) is 4.90 Å². The second-order valence-electron chi connectivity index (χ2n) is 8.74. The Morgan fingerprint density at radius 1 is 1.41 bits per heavy atom. The monoisotopic (exact) mass is 399 g/mol. The number of carboxylic acids is 1. The van der Waals surface area contributed by atoms with Crippen LogP contribution < -0.4 is 0 Å². The highest BCUT2D eigenvalue weighted by molar-refractivity contribution is 5.85. The number of carbonyl (C=O) groups is 2. The fourth-order valence-electron chi connectivity index (χ4n) is 4.48. The van der Waals surface area contributed by atoms with Gasteiger partial charge in [-0.2, -0.15) is 0 Å². The number of aliphatic carboxylic acids is 1. The summed E-state index contributed by atoms with van der Waals surface area (Å²) in [5.74, 6) is -0.398. The molecule has 4 atom stereocenters. The molecule has 0 saturated carbocycles. The Hall–Kier alpha value is -2.14. The lowest BCUT2D eigenvalue weighted by Gasteiger charge is -2.43. The number of unbranched alkanes of at least 4 members (excludes halogenated alkanes) is 1. The Labute approximate surface area is 173 Å². The summed E-state index contributed by atoms with van der Waals surface area (Å²) in [7, 11) is 0. The lowest BCUT2D eigenvalue weighted by molar-refractivity contribution is -0.143. The zero-order chi connectivity index (χ0) is 20.9. The zero-order valence-electron chi connectivity index (χ0n) is 17.3. The van der Waals surface area contributed by atoms with Crippen LogP contribution in [0.2, 0.25) is 0 Å². The van der Waals surface area contributed by atoms with Crippen molar-refractivity contribution in [2.75, 3.05) is 6.54 Å². The second-order valence-corrected chi connectivity index (χ2v) is 8.74. The molecule has 29 heavy (non-hydrogen) atoms. The average Bonchev–Trinajstić information content (AvgIpc) is 2.72. The smallest absolute Gasteiger partial charge is 0.303 e. The number of nitrogens with zero attached hydrogens (tertiary/aromatic N) is 1. The van der Waals surface area contributed by atoms with E-state index in [4.69, 9.17) is 5.11 Å². The minimum atomic E-state index is -0.774. The normalized spacial score (nSPS) is 30.3. The minimum absolute atomic E-state index is 0.110. The van der Waals surface area contributed by atoms with Gasteiger partial charge in [0.1, 0.15) is 0 Å². The van der Waals surface area contributed by atoms with Gasteiger partial charge in [0.25, 0.3) is 0 Å². The van der Waals surface area contributed by atoms with Crippen LogP contribution in [0.5, 0.6) is 0 Å². The van der Waals surface area contributed by atoms with Crippen LogP contribution in [0.1, 0.15) is 58.3 Å². The first kappa shape index (κ1) is 21.6. The van der Waals surface area contributed by atoms with E-state index in [1.807, 2.05) is 17.1 Å². The SMILES string of the molecule is CC1(C(O)C2C=CCCC2)C=CC([C@H]2CC(=O)N2C/C=C\CCCC(=O)O)=CC1. The summed E-state index contributed by atoms with van der Waals surface area (Å²) in [6, 6.07) is 0.110. The van der Waals surface area contributed by atoms with E-state index in [-0.39, 0.29) is 35.8 Å². The van der Waals surface area contributed by atoms with Crippen molar-refractivity contribution in [1.29, 1.82) is 0 Å². The number of likely N-dealkylation sites (tertiary alicyclic amines) is 1. The van der Waals surface area contributed by atoms with Crippen molar-refractivity contribution in [2.24, 2.45) is 11.3 Å². The van der Waals surface area contributed by atoms with Crippen molar-refractivity contribution >= 4 is 11.9 Å². The lowest BCUT2D eigenvalue weighted by atomic mass is 9.70. The number of hydrogen-bond acceptors (Lipinski definition) is 3. The highest BCUT2D eigenvalue weighted by Crippen LogP contribution is 2.41. The van der Waals surface area contributed by atoms with Gasteiger partial charge in [-0.25, -0.2) is 0 Å². The molecule has 1 amide bonds. The number of amides is 1. The second kappa shape index (κ2) is 9.57. The molecule has 0 aromatic heterocycles. The van der Waals surface area contributed by atoms with E-state index >= 15 is 0 Å². The van der Waals surface area contributed by atoms with Crippen LogP contribution in [0.15, 0.2) is 48.1 Å². The summed E-state index contributed by atoms with van der Waals surface area (Å²) >= 11 is 0. The molecule has 1 heterocycles. The molecule has 5 nitrogen and oxygen atoms in total. The summed E-state index contributed by atoms with van der Waals surface area (Å²) < 4.78 is 0. The fourth-order valence-corrected chi connectivity index (χ4v) is 4.48. The first-order chi connectivity index (χ1) is 13.9. The maximum Gasteiger partial charge on any atom is 0.303 e. The quantitative estimate of drug-likeness (QED) is 0.349. The topological polar surface area (TPSA) is 77.8 Å². The number of carboxylic acid groups (broad SMARTS) is 1. The van der Waals surface area contributed by atoms with Gasteiger partial charge in [0.2, 0.25) is 5.91 Å². The largest absolute Gasteiger partial charge is 0.481 e. The summed E-state index contributed by atoms with van der Waals surface area (Å²) in [6.07, 6.45) is 20.4. The van der Waals surface area contributed by atoms with Gasteiger partial charge in [-0.05, 0) is 44.1 Å². The van der Waals surface area contributed by atoms with Crippen molar-refractivity contribution in [3.63, 3.8) is 0 Å². The highest BCUT2D eigenvalue weighted by Gasteiger charge is 2.40. The molecule has 3 aliphatic rings. The molecular formula is C24H33NO4. The summed E-state index contributed by atoms with van der Waals surface area (Å²) in [6.45, 7) is 2.68. The van der Waals surface area contributed by atoms with Gasteiger partial charge < -0.3 is 15.1 Å². The molecule has 5 heteroatoms. The third-order valence-corrected chi connectivity index (χ3v) is 6.49. The highest BCUT2D eigenvalue weighted by atomic mass is 16.4. The Kier molecular flexibility index (Phi) is 7.12. The molecule has 158 valence electrons. The molecular weight excluding hydrogens is 366 g/mol. The van der Waals surface area contributed by atoms with E-state index in [1.54, 1.807) is 0 Å².